The van der Waals surface area contributed by atoms with Crippen molar-refractivity contribution in [3.63, 3.8) is 0 Å². The summed E-state index contributed by atoms with van der Waals surface area (Å²) in [6.45, 7) is 7.20. The average Bonchev–Trinajstić information content (AvgIpc) is 3.24. The second-order valence-corrected chi connectivity index (χ2v) is 7.64. The Balaban J connectivity index is 0.00000156. The fourth-order valence-corrected chi connectivity index (χ4v) is 4.31. The third-order valence-electron chi connectivity index (χ3n) is 4.78. The normalized spacial score (nSPS) is 23.8. The zero-order chi connectivity index (χ0) is 16.2. The Hall–Kier alpha value is -0.370. The first-order valence-electron chi connectivity index (χ1n) is 8.64. The summed E-state index contributed by atoms with van der Waals surface area (Å²) in [5, 5.41) is 0. The van der Waals surface area contributed by atoms with Crippen molar-refractivity contribution in [3.05, 3.63) is 21.9 Å². The molecule has 3 rings (SSSR count). The zero-order valence-corrected chi connectivity index (χ0v) is 17.1. The molecule has 2 N–H and O–H groups in total. The van der Waals surface area contributed by atoms with Gasteiger partial charge in [-0.1, -0.05) is 6.92 Å². The largest absolute Gasteiger partial charge is 0.364 e. The maximum atomic E-state index is 12.5. The van der Waals surface area contributed by atoms with E-state index in [1.807, 2.05) is 16.2 Å². The summed E-state index contributed by atoms with van der Waals surface area (Å²) in [6, 6.07) is 4.46. The van der Waals surface area contributed by atoms with Crippen LogP contribution in [0.2, 0.25) is 0 Å². The highest BCUT2D eigenvalue weighted by atomic mass is 35.5. The molecule has 5 nitrogen and oxygen atoms in total. The molecule has 0 bridgehead atoms. The maximum absolute atomic E-state index is 12.5. The molecule has 2 fully saturated rings. The second kappa shape index (κ2) is 10.7. The molecular weight excluding hydrogens is 381 g/mol. The number of carbonyl (C=O) groups excluding carboxylic acids is 1. The van der Waals surface area contributed by atoms with Gasteiger partial charge in [0.1, 0.15) is 6.10 Å². The van der Waals surface area contributed by atoms with Crippen LogP contribution in [-0.4, -0.2) is 60.6 Å². The van der Waals surface area contributed by atoms with Gasteiger partial charge in [-0.3, -0.25) is 9.69 Å². The molecule has 2 saturated heterocycles. The summed E-state index contributed by atoms with van der Waals surface area (Å²) in [4.78, 5) is 19.8. The summed E-state index contributed by atoms with van der Waals surface area (Å²) in [6.07, 6.45) is 2.63. The van der Waals surface area contributed by atoms with Gasteiger partial charge in [-0.25, -0.2) is 0 Å². The van der Waals surface area contributed by atoms with Crippen LogP contribution in [0.1, 0.15) is 29.5 Å². The second-order valence-electron chi connectivity index (χ2n) is 6.38. The van der Waals surface area contributed by atoms with E-state index in [9.17, 15) is 4.79 Å². The number of rotatable bonds is 5. The number of nitrogens with two attached hydrogens (primary N) is 1. The Bertz CT molecular complexity index is 536. The Morgan fingerprint density at radius 2 is 1.88 bits per heavy atom. The zero-order valence-electron chi connectivity index (χ0n) is 14.7. The van der Waals surface area contributed by atoms with E-state index in [1.54, 1.807) is 0 Å². The Morgan fingerprint density at radius 3 is 2.44 bits per heavy atom. The van der Waals surface area contributed by atoms with Crippen LogP contribution >= 0.6 is 36.2 Å². The van der Waals surface area contributed by atoms with E-state index < -0.39 is 0 Å². The number of piperazine rings is 1. The van der Waals surface area contributed by atoms with Gasteiger partial charge in [0.2, 0.25) is 0 Å². The van der Waals surface area contributed by atoms with Crippen molar-refractivity contribution in [1.29, 1.82) is 0 Å². The number of hydrogen-bond acceptors (Lipinski definition) is 5. The van der Waals surface area contributed by atoms with E-state index in [1.165, 1.54) is 9.75 Å². The standard InChI is InChI=1S/C17H27N3O2S.2ClH/c1-2-14-4-5-15(23-14)12-19-7-9-20(10-8-19)17(21)16-6-3-13(11-18)22-16;;/h4-5,13,16H,2-3,6-12,18H2,1H3;2*1H/t13-,16+;;/m1../s1. The van der Waals surface area contributed by atoms with Crippen molar-refractivity contribution in [2.24, 2.45) is 5.73 Å². The third kappa shape index (κ3) is 5.81. The van der Waals surface area contributed by atoms with E-state index in [-0.39, 0.29) is 42.9 Å². The summed E-state index contributed by atoms with van der Waals surface area (Å²) in [5.41, 5.74) is 5.62. The predicted molar refractivity (Wildman–Crippen MR) is 107 cm³/mol. The molecule has 8 heteroatoms. The van der Waals surface area contributed by atoms with Crippen molar-refractivity contribution < 1.29 is 9.53 Å². The molecule has 2 aliphatic rings. The minimum absolute atomic E-state index is 0. The minimum Gasteiger partial charge on any atom is -0.364 e. The number of aryl methyl sites for hydroxylation is 1. The Labute approximate surface area is 166 Å². The van der Waals surface area contributed by atoms with E-state index in [4.69, 9.17) is 10.5 Å². The SMILES string of the molecule is CCc1ccc(CN2CCN(C(=O)[C@@H]3CC[C@H](CN)O3)CC2)s1.Cl.Cl. The molecule has 0 aliphatic carbocycles. The number of thiophene rings is 1. The van der Waals surface area contributed by atoms with E-state index in [0.29, 0.717) is 6.54 Å². The topological polar surface area (TPSA) is 58.8 Å². The number of amides is 1. The van der Waals surface area contributed by atoms with Crippen molar-refractivity contribution >= 4 is 42.1 Å². The van der Waals surface area contributed by atoms with Crippen LogP contribution < -0.4 is 5.73 Å². The van der Waals surface area contributed by atoms with E-state index in [0.717, 1.165) is 52.0 Å². The van der Waals surface area contributed by atoms with E-state index >= 15 is 0 Å². The first-order valence-corrected chi connectivity index (χ1v) is 9.45. The fraction of sp³-hybridized carbons (Fsp3) is 0.706. The predicted octanol–water partition coefficient (Wildman–Crippen LogP) is 2.30. The molecule has 144 valence electrons. The first-order chi connectivity index (χ1) is 11.2. The number of carbonyl (C=O) groups is 1. The molecule has 0 radical (unpaired) electrons. The highest BCUT2D eigenvalue weighted by Crippen LogP contribution is 2.22. The molecule has 1 amide bonds. The molecule has 2 atom stereocenters. The molecule has 0 saturated carbocycles. The smallest absolute Gasteiger partial charge is 0.251 e. The number of halogens is 2. The van der Waals surface area contributed by atoms with Crippen LogP contribution in [0.3, 0.4) is 0 Å². The minimum atomic E-state index is -0.264. The Morgan fingerprint density at radius 1 is 1.20 bits per heavy atom. The Kier molecular flexibility index (Phi) is 9.70. The molecule has 2 aliphatic heterocycles. The molecule has 1 aromatic heterocycles. The number of ether oxygens (including phenoxy) is 1. The summed E-state index contributed by atoms with van der Waals surface area (Å²) < 4.78 is 5.74. The molecule has 0 unspecified atom stereocenters. The molecule has 0 spiro atoms. The monoisotopic (exact) mass is 409 g/mol. The van der Waals surface area contributed by atoms with Crippen LogP contribution in [0.25, 0.3) is 0 Å². The van der Waals surface area contributed by atoms with Gasteiger partial charge in [-0.05, 0) is 31.4 Å². The lowest BCUT2D eigenvalue weighted by atomic mass is 10.1. The van der Waals surface area contributed by atoms with Crippen LogP contribution in [0.15, 0.2) is 12.1 Å². The van der Waals surface area contributed by atoms with Gasteiger partial charge in [0.05, 0.1) is 6.10 Å². The van der Waals surface area contributed by atoms with Crippen LogP contribution in [-0.2, 0) is 22.5 Å². The van der Waals surface area contributed by atoms with Gasteiger partial charge in [0.25, 0.3) is 5.91 Å². The van der Waals surface area contributed by atoms with Gasteiger partial charge in [0, 0.05) is 49.0 Å². The van der Waals surface area contributed by atoms with E-state index in [2.05, 4.69) is 24.0 Å². The molecular formula is C17H29Cl2N3O2S. The van der Waals surface area contributed by atoms with Crippen LogP contribution in [0.4, 0.5) is 0 Å². The highest BCUT2D eigenvalue weighted by Gasteiger charge is 2.34. The van der Waals surface area contributed by atoms with Crippen molar-refractivity contribution in [1.82, 2.24) is 9.80 Å². The fourth-order valence-electron chi connectivity index (χ4n) is 3.31. The van der Waals surface area contributed by atoms with Gasteiger partial charge in [0.15, 0.2) is 0 Å². The quantitative estimate of drug-likeness (QED) is 0.810. The molecule has 25 heavy (non-hydrogen) atoms. The average molecular weight is 410 g/mol. The lowest BCUT2D eigenvalue weighted by Gasteiger charge is -2.35. The maximum Gasteiger partial charge on any atom is 0.251 e. The van der Waals surface area contributed by atoms with Gasteiger partial charge < -0.3 is 15.4 Å². The lowest BCUT2D eigenvalue weighted by molar-refractivity contribution is -0.144. The van der Waals surface area contributed by atoms with Crippen molar-refractivity contribution in [2.45, 2.75) is 44.9 Å². The number of hydrogen-bond donors (Lipinski definition) is 1. The van der Waals surface area contributed by atoms with Crippen molar-refractivity contribution in [2.75, 3.05) is 32.7 Å². The lowest BCUT2D eigenvalue weighted by Crippen LogP contribution is -2.51. The summed E-state index contributed by atoms with van der Waals surface area (Å²) in [5.74, 6) is 0.157. The van der Waals surface area contributed by atoms with Crippen molar-refractivity contribution in [3.8, 4) is 0 Å². The molecule has 1 aromatic rings. The third-order valence-corrected chi connectivity index (χ3v) is 5.99. The van der Waals surface area contributed by atoms with Crippen LogP contribution in [0.5, 0.6) is 0 Å². The summed E-state index contributed by atoms with van der Waals surface area (Å²) in [7, 11) is 0. The van der Waals surface area contributed by atoms with Gasteiger partial charge in [-0.2, -0.15) is 0 Å². The number of nitrogens with zero attached hydrogens (tertiary/aromatic N) is 2. The molecule has 3 heterocycles. The highest BCUT2D eigenvalue weighted by molar-refractivity contribution is 7.11. The summed E-state index contributed by atoms with van der Waals surface area (Å²) >= 11 is 1.90. The van der Waals surface area contributed by atoms with Gasteiger partial charge >= 0.3 is 0 Å². The first kappa shape index (κ1) is 22.7. The van der Waals surface area contributed by atoms with Crippen LogP contribution in [0, 0.1) is 0 Å². The van der Waals surface area contributed by atoms with Gasteiger partial charge in [-0.15, -0.1) is 36.2 Å². The molecule has 0 aromatic carbocycles.